The van der Waals surface area contributed by atoms with Crippen LogP contribution in [0.15, 0.2) is 30.9 Å². The first-order chi connectivity index (χ1) is 11.2. The van der Waals surface area contributed by atoms with Gasteiger partial charge in [-0.2, -0.15) is 13.2 Å². The Bertz CT molecular complexity index is 750. The summed E-state index contributed by atoms with van der Waals surface area (Å²) < 4.78 is 44.2. The highest BCUT2D eigenvalue weighted by Crippen LogP contribution is 2.32. The van der Waals surface area contributed by atoms with Gasteiger partial charge in [0, 0.05) is 36.6 Å². The number of alkyl halides is 3. The number of aromatic amines is 1. The van der Waals surface area contributed by atoms with Crippen LogP contribution in [0.3, 0.4) is 0 Å². The molecule has 2 rings (SSSR count). The number of aryl methyl sites for hydroxylation is 1. The van der Waals surface area contributed by atoms with E-state index < -0.39 is 12.3 Å². The van der Waals surface area contributed by atoms with Crippen molar-refractivity contribution in [3.63, 3.8) is 0 Å². The molecule has 1 N–H and O–H groups in total. The second-order valence-corrected chi connectivity index (χ2v) is 5.45. The SMILES string of the molecule is C=CCN(CCc1c(C)[nH]c2cccc(OC(C)=O)c12)C(F)(F)F. The monoisotopic (exact) mass is 340 g/mol. The summed E-state index contributed by atoms with van der Waals surface area (Å²) in [7, 11) is 0. The van der Waals surface area contributed by atoms with Gasteiger partial charge in [-0.15, -0.1) is 6.58 Å². The number of benzene rings is 1. The number of carbonyl (C=O) groups is 1. The molecular weight excluding hydrogens is 321 g/mol. The molecule has 0 saturated carbocycles. The summed E-state index contributed by atoms with van der Waals surface area (Å²) in [4.78, 5) is 14.8. The van der Waals surface area contributed by atoms with Crippen LogP contribution >= 0.6 is 0 Å². The van der Waals surface area contributed by atoms with Crippen LogP contribution in [-0.2, 0) is 11.2 Å². The van der Waals surface area contributed by atoms with E-state index in [1.54, 1.807) is 25.1 Å². The number of H-pyrrole nitrogens is 1. The standard InChI is InChI=1S/C17H19F3N2O2/c1-4-9-22(17(18,19)20)10-8-13-11(2)21-14-6-5-7-15(16(13)14)24-12(3)23/h4-7,21H,1,8-10H2,2-3H3. The lowest BCUT2D eigenvalue weighted by Gasteiger charge is -2.23. The lowest BCUT2D eigenvalue weighted by atomic mass is 10.1. The third-order valence-corrected chi connectivity index (χ3v) is 3.70. The second-order valence-electron chi connectivity index (χ2n) is 5.45. The molecule has 130 valence electrons. The van der Waals surface area contributed by atoms with Crippen LogP contribution in [0.5, 0.6) is 5.75 Å². The fourth-order valence-electron chi connectivity index (χ4n) is 2.69. The Morgan fingerprint density at radius 1 is 1.42 bits per heavy atom. The number of hydrogen-bond donors (Lipinski definition) is 1. The molecule has 1 heterocycles. The zero-order valence-electron chi connectivity index (χ0n) is 13.5. The van der Waals surface area contributed by atoms with Crippen molar-refractivity contribution in [2.75, 3.05) is 13.1 Å². The average molecular weight is 340 g/mol. The van der Waals surface area contributed by atoms with Gasteiger partial charge in [-0.1, -0.05) is 12.1 Å². The molecule has 4 nitrogen and oxygen atoms in total. The van der Waals surface area contributed by atoms with Gasteiger partial charge in [-0.3, -0.25) is 4.79 Å². The van der Waals surface area contributed by atoms with Crippen molar-refractivity contribution < 1.29 is 22.7 Å². The molecule has 24 heavy (non-hydrogen) atoms. The number of nitrogens with zero attached hydrogens (tertiary/aromatic N) is 1. The fourth-order valence-corrected chi connectivity index (χ4v) is 2.69. The van der Waals surface area contributed by atoms with E-state index >= 15 is 0 Å². The molecule has 2 aromatic rings. The number of fused-ring (bicyclic) bond motifs is 1. The van der Waals surface area contributed by atoms with Crippen molar-refractivity contribution in [1.29, 1.82) is 0 Å². The van der Waals surface area contributed by atoms with E-state index in [1.807, 2.05) is 0 Å². The molecule has 7 heteroatoms. The number of hydrogen-bond acceptors (Lipinski definition) is 3. The maximum Gasteiger partial charge on any atom is 0.460 e. The zero-order chi connectivity index (χ0) is 17.9. The summed E-state index contributed by atoms with van der Waals surface area (Å²) in [6.07, 6.45) is -3.04. The number of rotatable bonds is 6. The van der Waals surface area contributed by atoms with E-state index in [9.17, 15) is 18.0 Å². The van der Waals surface area contributed by atoms with E-state index in [1.165, 1.54) is 13.0 Å². The molecule has 1 aromatic heterocycles. The molecule has 0 aliphatic carbocycles. The molecular formula is C17H19F3N2O2. The molecule has 0 saturated heterocycles. The minimum Gasteiger partial charge on any atom is -0.426 e. The van der Waals surface area contributed by atoms with Gasteiger partial charge < -0.3 is 9.72 Å². The van der Waals surface area contributed by atoms with Gasteiger partial charge in [0.2, 0.25) is 0 Å². The minimum absolute atomic E-state index is 0.164. The van der Waals surface area contributed by atoms with E-state index in [0.717, 1.165) is 11.2 Å². The summed E-state index contributed by atoms with van der Waals surface area (Å²) in [6, 6.07) is 5.15. The van der Waals surface area contributed by atoms with Crippen LogP contribution in [0.2, 0.25) is 0 Å². The van der Waals surface area contributed by atoms with Gasteiger partial charge in [0.15, 0.2) is 0 Å². The van der Waals surface area contributed by atoms with Gasteiger partial charge >= 0.3 is 12.3 Å². The predicted molar refractivity (Wildman–Crippen MR) is 85.9 cm³/mol. The predicted octanol–water partition coefficient (Wildman–Crippen LogP) is 3.95. The molecule has 0 unspecified atom stereocenters. The molecule has 0 fully saturated rings. The quantitative estimate of drug-likeness (QED) is 0.375. The maximum atomic E-state index is 13.0. The highest BCUT2D eigenvalue weighted by Gasteiger charge is 2.36. The maximum absolute atomic E-state index is 13.0. The number of aromatic nitrogens is 1. The summed E-state index contributed by atoms with van der Waals surface area (Å²) in [5.41, 5.74) is 2.19. The Morgan fingerprint density at radius 2 is 2.12 bits per heavy atom. The highest BCUT2D eigenvalue weighted by molar-refractivity contribution is 5.92. The van der Waals surface area contributed by atoms with Crippen molar-refractivity contribution in [2.24, 2.45) is 0 Å². The Balaban J connectivity index is 2.35. The van der Waals surface area contributed by atoms with E-state index in [4.69, 9.17) is 4.74 Å². The van der Waals surface area contributed by atoms with Gasteiger partial charge in [-0.25, -0.2) is 4.90 Å². The van der Waals surface area contributed by atoms with E-state index in [-0.39, 0.29) is 19.5 Å². The van der Waals surface area contributed by atoms with Gasteiger partial charge in [0.25, 0.3) is 0 Å². The molecule has 0 radical (unpaired) electrons. The van der Waals surface area contributed by atoms with Crippen molar-refractivity contribution >= 4 is 16.9 Å². The summed E-state index contributed by atoms with van der Waals surface area (Å²) in [5.74, 6) is -0.127. The average Bonchev–Trinajstić information content (AvgIpc) is 2.78. The highest BCUT2D eigenvalue weighted by atomic mass is 19.4. The number of carbonyl (C=O) groups excluding carboxylic acids is 1. The van der Waals surface area contributed by atoms with Crippen LogP contribution < -0.4 is 4.74 Å². The van der Waals surface area contributed by atoms with Crippen molar-refractivity contribution in [3.05, 3.63) is 42.1 Å². The Morgan fingerprint density at radius 3 is 2.71 bits per heavy atom. The second kappa shape index (κ2) is 7.09. The zero-order valence-corrected chi connectivity index (χ0v) is 13.5. The summed E-state index contributed by atoms with van der Waals surface area (Å²) in [5, 5.41) is 0.644. The number of ether oxygens (including phenoxy) is 1. The molecule has 0 bridgehead atoms. The Kier molecular flexibility index (Phi) is 5.33. The molecule has 0 aliphatic rings. The van der Waals surface area contributed by atoms with E-state index in [0.29, 0.717) is 21.6 Å². The largest absolute Gasteiger partial charge is 0.460 e. The first kappa shape index (κ1) is 18.1. The smallest absolute Gasteiger partial charge is 0.426 e. The summed E-state index contributed by atoms with van der Waals surface area (Å²) in [6.45, 7) is 5.96. The minimum atomic E-state index is -4.42. The summed E-state index contributed by atoms with van der Waals surface area (Å²) >= 11 is 0. The third-order valence-electron chi connectivity index (χ3n) is 3.70. The number of esters is 1. The topological polar surface area (TPSA) is 45.3 Å². The molecule has 0 spiro atoms. The van der Waals surface area contributed by atoms with Crippen molar-refractivity contribution in [2.45, 2.75) is 26.6 Å². The number of halogens is 3. The third kappa shape index (κ3) is 3.97. The normalized spacial score (nSPS) is 11.9. The van der Waals surface area contributed by atoms with Crippen LogP contribution in [0.1, 0.15) is 18.2 Å². The lowest BCUT2D eigenvalue weighted by molar-refractivity contribution is -0.241. The first-order valence-corrected chi connectivity index (χ1v) is 7.45. The van der Waals surface area contributed by atoms with Gasteiger partial charge in [0.1, 0.15) is 5.75 Å². The van der Waals surface area contributed by atoms with E-state index in [2.05, 4.69) is 11.6 Å². The Labute approximate surface area is 137 Å². The first-order valence-electron chi connectivity index (χ1n) is 7.45. The van der Waals surface area contributed by atoms with Crippen LogP contribution in [0.4, 0.5) is 13.2 Å². The molecule has 0 aliphatic heterocycles. The molecule has 0 atom stereocenters. The molecule has 0 amide bonds. The van der Waals surface area contributed by atoms with Gasteiger partial charge in [0.05, 0.1) is 0 Å². The molecule has 1 aromatic carbocycles. The van der Waals surface area contributed by atoms with Gasteiger partial charge in [-0.05, 0) is 31.0 Å². The van der Waals surface area contributed by atoms with Crippen LogP contribution in [0.25, 0.3) is 10.9 Å². The number of nitrogens with one attached hydrogen (secondary N) is 1. The van der Waals surface area contributed by atoms with Crippen LogP contribution in [0, 0.1) is 6.92 Å². The van der Waals surface area contributed by atoms with Crippen LogP contribution in [-0.4, -0.2) is 35.2 Å². The fraction of sp³-hybridized carbons (Fsp3) is 0.353. The Hall–Kier alpha value is -2.28. The van der Waals surface area contributed by atoms with Crippen molar-refractivity contribution in [3.8, 4) is 5.75 Å². The van der Waals surface area contributed by atoms with Crippen molar-refractivity contribution in [1.82, 2.24) is 9.88 Å². The lowest BCUT2D eigenvalue weighted by Crippen LogP contribution is -2.39.